The summed E-state index contributed by atoms with van der Waals surface area (Å²) in [5.74, 6) is -0.176. The third-order valence-corrected chi connectivity index (χ3v) is 5.33. The first-order valence-corrected chi connectivity index (χ1v) is 8.88. The minimum atomic E-state index is -3.94. The molecule has 0 aliphatic carbocycles. The van der Waals surface area contributed by atoms with E-state index in [0.29, 0.717) is 19.8 Å². The highest BCUT2D eigenvalue weighted by Crippen LogP contribution is 2.28. The van der Waals surface area contributed by atoms with Crippen molar-refractivity contribution in [1.29, 1.82) is 0 Å². The summed E-state index contributed by atoms with van der Waals surface area (Å²) in [6.07, 6.45) is 0.886. The molecule has 3 N–H and O–H groups in total. The highest BCUT2D eigenvalue weighted by atomic mass is 79.9. The van der Waals surface area contributed by atoms with Crippen molar-refractivity contribution in [3.8, 4) is 0 Å². The Bertz CT molecular complexity index is 659. The Morgan fingerprint density at radius 2 is 2.24 bits per heavy atom. The Morgan fingerprint density at radius 3 is 2.81 bits per heavy atom. The van der Waals surface area contributed by atoms with E-state index in [9.17, 15) is 13.2 Å². The van der Waals surface area contributed by atoms with E-state index in [0.717, 1.165) is 6.42 Å². The number of amides is 1. The molecule has 0 bridgehead atoms. The van der Waals surface area contributed by atoms with Crippen LogP contribution in [0.2, 0.25) is 5.02 Å². The van der Waals surface area contributed by atoms with Gasteiger partial charge in [0.15, 0.2) is 0 Å². The van der Waals surface area contributed by atoms with Crippen LogP contribution in [-0.2, 0) is 14.8 Å². The van der Waals surface area contributed by atoms with E-state index in [2.05, 4.69) is 21.2 Å². The van der Waals surface area contributed by atoms with E-state index in [1.807, 2.05) is 0 Å². The van der Waals surface area contributed by atoms with Crippen LogP contribution in [0.5, 0.6) is 0 Å². The number of hydrogen-bond donors (Lipinski definition) is 2. The number of hydrogen-bond acceptors (Lipinski definition) is 4. The van der Waals surface area contributed by atoms with Crippen molar-refractivity contribution < 1.29 is 17.9 Å². The molecule has 116 valence electrons. The normalized spacial score (nSPS) is 18.7. The summed E-state index contributed by atoms with van der Waals surface area (Å²) in [7, 11) is -3.94. The van der Waals surface area contributed by atoms with Gasteiger partial charge in [-0.1, -0.05) is 11.6 Å². The average Bonchev–Trinajstić information content (AvgIpc) is 2.87. The van der Waals surface area contributed by atoms with E-state index in [1.54, 1.807) is 0 Å². The molecule has 0 saturated carbocycles. The van der Waals surface area contributed by atoms with Crippen LogP contribution >= 0.6 is 27.5 Å². The summed E-state index contributed by atoms with van der Waals surface area (Å²) in [6, 6.07) is 2.51. The number of carbonyl (C=O) groups is 1. The van der Waals surface area contributed by atoms with Crippen molar-refractivity contribution in [3.05, 3.63) is 27.2 Å². The zero-order chi connectivity index (χ0) is 15.6. The van der Waals surface area contributed by atoms with Crippen LogP contribution in [0, 0.1) is 5.92 Å². The van der Waals surface area contributed by atoms with Crippen molar-refractivity contribution in [2.45, 2.75) is 11.3 Å². The maximum Gasteiger partial charge on any atom is 0.252 e. The second-order valence-corrected chi connectivity index (χ2v) is 7.54. The number of ether oxygens (including phenoxy) is 1. The fraction of sp³-hybridized carbons (Fsp3) is 0.417. The molecule has 21 heavy (non-hydrogen) atoms. The number of nitrogens with one attached hydrogen (secondary N) is 1. The average molecular weight is 398 g/mol. The molecule has 0 radical (unpaired) electrons. The van der Waals surface area contributed by atoms with Crippen molar-refractivity contribution in [2.24, 2.45) is 11.1 Å². The van der Waals surface area contributed by atoms with Gasteiger partial charge in [0, 0.05) is 23.5 Å². The number of rotatable bonds is 4. The molecule has 1 aliphatic heterocycles. The van der Waals surface area contributed by atoms with Gasteiger partial charge >= 0.3 is 0 Å². The predicted molar refractivity (Wildman–Crippen MR) is 81.8 cm³/mol. The molecule has 1 unspecified atom stereocenters. The Balaban J connectivity index is 2.20. The summed E-state index contributed by atoms with van der Waals surface area (Å²) in [5, 5.41) is 7.97. The molecule has 0 aromatic heterocycles. The number of halogens is 2. The molecule has 1 amide bonds. The summed E-state index contributed by atoms with van der Waals surface area (Å²) in [5.41, 5.74) is 0.0720. The van der Waals surface area contributed by atoms with Gasteiger partial charge in [0.1, 0.15) is 0 Å². The lowest BCUT2D eigenvalue weighted by Gasteiger charge is -2.12. The Labute approximate surface area is 136 Å². The zero-order valence-electron chi connectivity index (χ0n) is 10.9. The van der Waals surface area contributed by atoms with Gasteiger partial charge in [-0.15, -0.1) is 0 Å². The van der Waals surface area contributed by atoms with Crippen LogP contribution in [0.25, 0.3) is 0 Å². The number of nitrogens with two attached hydrogens (primary N) is 1. The van der Waals surface area contributed by atoms with E-state index in [4.69, 9.17) is 21.5 Å². The molecule has 1 fully saturated rings. The van der Waals surface area contributed by atoms with Crippen molar-refractivity contribution >= 4 is 43.5 Å². The molecule has 0 spiro atoms. The molecule has 1 aliphatic rings. The third kappa shape index (κ3) is 4.17. The molecular weight excluding hydrogens is 384 g/mol. The van der Waals surface area contributed by atoms with Gasteiger partial charge in [0.05, 0.1) is 22.1 Å². The number of benzene rings is 1. The number of primary sulfonamides is 1. The molecule has 9 heteroatoms. The van der Waals surface area contributed by atoms with Crippen LogP contribution in [0.1, 0.15) is 16.8 Å². The standard InChI is InChI=1S/C12H14BrClN2O4S/c13-9-4-10(14)8(3-11(9)21(15,18)19)12(17)16-5-7-1-2-20-6-7/h3-4,7H,1-2,5-6H2,(H,16,17)(H2,15,18,19). The smallest absolute Gasteiger partial charge is 0.252 e. The molecule has 1 aromatic carbocycles. The number of carbonyl (C=O) groups excluding carboxylic acids is 1. The van der Waals surface area contributed by atoms with Crippen molar-refractivity contribution in [3.63, 3.8) is 0 Å². The van der Waals surface area contributed by atoms with Crippen LogP contribution in [0.4, 0.5) is 0 Å². The zero-order valence-corrected chi connectivity index (χ0v) is 14.1. The molecule has 1 saturated heterocycles. The van der Waals surface area contributed by atoms with Gasteiger partial charge in [0.2, 0.25) is 10.0 Å². The van der Waals surface area contributed by atoms with Gasteiger partial charge in [-0.3, -0.25) is 4.79 Å². The maximum atomic E-state index is 12.1. The molecular formula is C12H14BrClN2O4S. The second kappa shape index (κ2) is 6.62. The largest absolute Gasteiger partial charge is 0.381 e. The fourth-order valence-electron chi connectivity index (χ4n) is 2.00. The van der Waals surface area contributed by atoms with Crippen LogP contribution < -0.4 is 10.5 Å². The number of sulfonamides is 1. The monoisotopic (exact) mass is 396 g/mol. The molecule has 6 nitrogen and oxygen atoms in total. The first-order valence-electron chi connectivity index (χ1n) is 6.17. The lowest BCUT2D eigenvalue weighted by atomic mass is 10.1. The Hall–Kier alpha value is -0.670. The lowest BCUT2D eigenvalue weighted by molar-refractivity contribution is 0.0945. The third-order valence-electron chi connectivity index (χ3n) is 3.15. The minimum absolute atomic E-state index is 0.0720. The van der Waals surface area contributed by atoms with Crippen LogP contribution in [0.3, 0.4) is 0 Å². The minimum Gasteiger partial charge on any atom is -0.381 e. The van der Waals surface area contributed by atoms with Gasteiger partial charge in [0.25, 0.3) is 5.91 Å². The fourth-order valence-corrected chi connectivity index (χ4v) is 4.01. The van der Waals surface area contributed by atoms with Crippen LogP contribution in [-0.4, -0.2) is 34.1 Å². The summed E-state index contributed by atoms with van der Waals surface area (Å²) >= 11 is 9.06. The first kappa shape index (κ1) is 16.7. The highest BCUT2D eigenvalue weighted by Gasteiger charge is 2.21. The van der Waals surface area contributed by atoms with Gasteiger partial charge in [-0.05, 0) is 34.5 Å². The van der Waals surface area contributed by atoms with Gasteiger partial charge in [-0.25, -0.2) is 13.6 Å². The second-order valence-electron chi connectivity index (χ2n) is 4.75. The van der Waals surface area contributed by atoms with Crippen molar-refractivity contribution in [2.75, 3.05) is 19.8 Å². The summed E-state index contributed by atoms with van der Waals surface area (Å²) in [4.78, 5) is 11.9. The summed E-state index contributed by atoms with van der Waals surface area (Å²) < 4.78 is 28.4. The van der Waals surface area contributed by atoms with Crippen LogP contribution in [0.15, 0.2) is 21.5 Å². The van der Waals surface area contributed by atoms with Gasteiger partial charge < -0.3 is 10.1 Å². The summed E-state index contributed by atoms with van der Waals surface area (Å²) in [6.45, 7) is 1.75. The Kier molecular flexibility index (Phi) is 5.26. The van der Waals surface area contributed by atoms with Gasteiger partial charge in [-0.2, -0.15) is 0 Å². The topological polar surface area (TPSA) is 98.5 Å². The molecule has 1 atom stereocenters. The molecule has 2 rings (SSSR count). The highest BCUT2D eigenvalue weighted by molar-refractivity contribution is 9.10. The predicted octanol–water partition coefficient (Wildman–Crippen LogP) is 1.52. The van der Waals surface area contributed by atoms with E-state index in [1.165, 1.54) is 12.1 Å². The maximum absolute atomic E-state index is 12.1. The van der Waals surface area contributed by atoms with E-state index >= 15 is 0 Å². The van der Waals surface area contributed by atoms with E-state index < -0.39 is 15.9 Å². The molecule has 1 aromatic rings. The molecule has 1 heterocycles. The Morgan fingerprint density at radius 1 is 1.52 bits per heavy atom. The SMILES string of the molecule is NS(=O)(=O)c1cc(C(=O)NCC2CCOC2)c(Cl)cc1Br. The lowest BCUT2D eigenvalue weighted by Crippen LogP contribution is -2.30. The quantitative estimate of drug-likeness (QED) is 0.804. The van der Waals surface area contributed by atoms with Crippen molar-refractivity contribution in [1.82, 2.24) is 5.32 Å². The van der Waals surface area contributed by atoms with E-state index in [-0.39, 0.29) is 25.9 Å². The first-order chi connectivity index (χ1) is 9.79.